The molecule has 1 N–H and O–H groups in total. The first-order valence-corrected chi connectivity index (χ1v) is 10.6. The van der Waals surface area contributed by atoms with Crippen molar-refractivity contribution in [2.45, 2.75) is 20.3 Å². The summed E-state index contributed by atoms with van der Waals surface area (Å²) in [7, 11) is 1.61. The Kier molecular flexibility index (Phi) is 6.06. The largest absolute Gasteiger partial charge is 0.497 e. The van der Waals surface area contributed by atoms with Gasteiger partial charge in [0.25, 0.3) is 0 Å². The van der Waals surface area contributed by atoms with Crippen LogP contribution >= 0.6 is 11.6 Å². The number of methoxy groups -OCH3 is 1. The van der Waals surface area contributed by atoms with E-state index in [9.17, 15) is 9.90 Å². The maximum absolute atomic E-state index is 11.5. The van der Waals surface area contributed by atoms with E-state index in [1.807, 2.05) is 62.4 Å². The van der Waals surface area contributed by atoms with E-state index in [1.54, 1.807) is 19.2 Å². The fourth-order valence-corrected chi connectivity index (χ4v) is 4.06. The second-order valence-corrected chi connectivity index (χ2v) is 8.15. The van der Waals surface area contributed by atoms with Crippen molar-refractivity contribution in [1.29, 1.82) is 0 Å². The number of aryl methyl sites for hydroxylation is 1. The molecule has 0 bridgehead atoms. The summed E-state index contributed by atoms with van der Waals surface area (Å²) in [4.78, 5) is 11.5. The van der Waals surface area contributed by atoms with E-state index in [1.165, 1.54) is 0 Å². The van der Waals surface area contributed by atoms with Crippen LogP contribution in [-0.2, 0) is 4.79 Å². The van der Waals surface area contributed by atoms with Gasteiger partial charge in [0.2, 0.25) is 0 Å². The van der Waals surface area contributed by atoms with E-state index < -0.39 is 5.97 Å². The lowest BCUT2D eigenvalue weighted by Gasteiger charge is -2.10. The molecule has 0 heterocycles. The Labute approximate surface area is 192 Å². The van der Waals surface area contributed by atoms with Crippen LogP contribution < -0.4 is 9.47 Å². The molecule has 0 spiro atoms. The lowest BCUT2D eigenvalue weighted by Crippen LogP contribution is -1.97. The minimum Gasteiger partial charge on any atom is -0.497 e. The average molecular weight is 447 g/mol. The highest BCUT2D eigenvalue weighted by atomic mass is 35.5. The first-order valence-electron chi connectivity index (χ1n) is 10.2. The Bertz CT molecular complexity index is 1250. The molecule has 162 valence electrons. The maximum Gasteiger partial charge on any atom is 0.307 e. The number of allylic oxidation sites excluding steroid dienone is 2. The molecular formula is C27H23ClO4. The van der Waals surface area contributed by atoms with Crippen molar-refractivity contribution in [2.24, 2.45) is 0 Å². The number of hydrogen-bond acceptors (Lipinski definition) is 3. The molecule has 0 saturated carbocycles. The van der Waals surface area contributed by atoms with Crippen molar-refractivity contribution in [1.82, 2.24) is 0 Å². The molecule has 0 fully saturated rings. The molecule has 5 heteroatoms. The number of rotatable bonds is 6. The van der Waals surface area contributed by atoms with Gasteiger partial charge in [0.1, 0.15) is 17.2 Å². The number of carboxylic acid groups (broad SMARTS) is 1. The van der Waals surface area contributed by atoms with Crippen molar-refractivity contribution in [3.63, 3.8) is 0 Å². The van der Waals surface area contributed by atoms with Gasteiger partial charge < -0.3 is 14.6 Å². The second kappa shape index (κ2) is 8.93. The molecule has 32 heavy (non-hydrogen) atoms. The highest BCUT2D eigenvalue weighted by Gasteiger charge is 2.25. The second-order valence-electron chi connectivity index (χ2n) is 7.72. The van der Waals surface area contributed by atoms with Gasteiger partial charge in [-0.1, -0.05) is 23.7 Å². The number of halogens is 1. The number of aliphatic carboxylic acids is 1. The molecule has 0 saturated heterocycles. The van der Waals surface area contributed by atoms with Crippen molar-refractivity contribution in [3.05, 3.63) is 93.5 Å². The van der Waals surface area contributed by atoms with Gasteiger partial charge in [0.15, 0.2) is 0 Å². The quantitative estimate of drug-likeness (QED) is 0.433. The normalized spacial score (nSPS) is 13.9. The molecule has 0 aromatic heterocycles. The highest BCUT2D eigenvalue weighted by Crippen LogP contribution is 2.45. The number of carboxylic acids is 1. The van der Waals surface area contributed by atoms with Crippen LogP contribution in [0.2, 0.25) is 5.02 Å². The van der Waals surface area contributed by atoms with Crippen molar-refractivity contribution in [2.75, 3.05) is 7.11 Å². The van der Waals surface area contributed by atoms with E-state index in [0.29, 0.717) is 10.8 Å². The third-order valence-corrected chi connectivity index (χ3v) is 5.87. The van der Waals surface area contributed by atoms with E-state index >= 15 is 0 Å². The van der Waals surface area contributed by atoms with Gasteiger partial charge in [0.05, 0.1) is 13.5 Å². The average Bonchev–Trinajstić information content (AvgIpc) is 3.01. The van der Waals surface area contributed by atoms with Crippen LogP contribution in [0.15, 0.2) is 66.2 Å². The number of benzene rings is 3. The number of ether oxygens (including phenoxy) is 2. The Balaban J connectivity index is 1.70. The standard InChI is InChI=1S/C27H23ClO4/c1-16-12-22(32-20-8-5-19(28)6-9-20)7-4-18(16)13-24-17(2)25(15-27(29)30)26-14-21(31-3)10-11-23(24)26/h4-14H,15H2,1-3H3,(H,29,30)/b24-13-. The van der Waals surface area contributed by atoms with Crippen LogP contribution in [0.1, 0.15) is 35.6 Å². The van der Waals surface area contributed by atoms with E-state index in [0.717, 1.165) is 50.5 Å². The van der Waals surface area contributed by atoms with Gasteiger partial charge in [-0.15, -0.1) is 0 Å². The number of hydrogen-bond donors (Lipinski definition) is 1. The van der Waals surface area contributed by atoms with E-state index in [2.05, 4.69) is 6.08 Å². The fourth-order valence-electron chi connectivity index (χ4n) is 3.93. The molecule has 0 atom stereocenters. The van der Waals surface area contributed by atoms with Gasteiger partial charge >= 0.3 is 5.97 Å². The molecular weight excluding hydrogens is 424 g/mol. The summed E-state index contributed by atoms with van der Waals surface area (Å²) in [6.45, 7) is 4.01. The zero-order valence-electron chi connectivity index (χ0n) is 18.1. The highest BCUT2D eigenvalue weighted by molar-refractivity contribution is 6.30. The Hall–Kier alpha value is -3.50. The molecule has 3 aromatic rings. The molecule has 0 radical (unpaired) electrons. The van der Waals surface area contributed by atoms with Crippen molar-refractivity contribution < 1.29 is 19.4 Å². The SMILES string of the molecule is COc1ccc2c(c1)C(CC(=O)O)=C(C)/C2=C/c1ccc(Oc2ccc(Cl)cc2)cc1C. The summed E-state index contributed by atoms with van der Waals surface area (Å²) < 4.78 is 11.3. The van der Waals surface area contributed by atoms with Gasteiger partial charge in [-0.3, -0.25) is 4.79 Å². The van der Waals surface area contributed by atoms with Gasteiger partial charge in [0, 0.05) is 5.02 Å². The lowest BCUT2D eigenvalue weighted by molar-refractivity contribution is -0.135. The monoisotopic (exact) mass is 446 g/mol. The van der Waals surface area contributed by atoms with Crippen LogP contribution in [0.4, 0.5) is 0 Å². The smallest absolute Gasteiger partial charge is 0.307 e. The Morgan fingerprint density at radius 3 is 2.28 bits per heavy atom. The zero-order valence-corrected chi connectivity index (χ0v) is 18.9. The van der Waals surface area contributed by atoms with E-state index in [-0.39, 0.29) is 6.42 Å². The molecule has 0 amide bonds. The predicted octanol–water partition coefficient (Wildman–Crippen LogP) is 7.25. The summed E-state index contributed by atoms with van der Waals surface area (Å²) >= 11 is 5.94. The molecule has 4 rings (SSSR count). The Morgan fingerprint density at radius 1 is 0.938 bits per heavy atom. The van der Waals surface area contributed by atoms with Crippen LogP contribution in [0.3, 0.4) is 0 Å². The van der Waals surface area contributed by atoms with Crippen molar-refractivity contribution in [3.8, 4) is 17.2 Å². The minimum atomic E-state index is -0.853. The van der Waals surface area contributed by atoms with E-state index in [4.69, 9.17) is 21.1 Å². The molecule has 0 aliphatic heterocycles. The third kappa shape index (κ3) is 4.41. The Morgan fingerprint density at radius 2 is 1.62 bits per heavy atom. The summed E-state index contributed by atoms with van der Waals surface area (Å²) in [5.41, 5.74) is 6.83. The van der Waals surface area contributed by atoms with Gasteiger partial charge in [-0.25, -0.2) is 0 Å². The molecule has 1 aliphatic carbocycles. The molecule has 1 aliphatic rings. The third-order valence-electron chi connectivity index (χ3n) is 5.62. The maximum atomic E-state index is 11.5. The fraction of sp³-hybridized carbons (Fsp3) is 0.148. The first-order chi connectivity index (χ1) is 15.4. The summed E-state index contributed by atoms with van der Waals surface area (Å²) in [6.07, 6.45) is 2.08. The van der Waals surface area contributed by atoms with Gasteiger partial charge in [-0.05, 0) is 107 Å². The zero-order chi connectivity index (χ0) is 22.8. The molecule has 4 nitrogen and oxygen atoms in total. The lowest BCUT2D eigenvalue weighted by atomic mass is 9.98. The topological polar surface area (TPSA) is 55.8 Å². The number of fused-ring (bicyclic) bond motifs is 1. The van der Waals surface area contributed by atoms with Crippen LogP contribution in [0.5, 0.6) is 17.2 Å². The van der Waals surface area contributed by atoms with Crippen LogP contribution in [-0.4, -0.2) is 18.2 Å². The minimum absolute atomic E-state index is 0.0316. The first kappa shape index (κ1) is 21.7. The molecule has 0 unspecified atom stereocenters. The summed E-state index contributed by atoms with van der Waals surface area (Å²) in [6, 6.07) is 19.0. The number of carbonyl (C=O) groups is 1. The summed E-state index contributed by atoms with van der Waals surface area (Å²) in [5, 5.41) is 10.1. The predicted molar refractivity (Wildman–Crippen MR) is 128 cm³/mol. The molecule has 3 aromatic carbocycles. The van der Waals surface area contributed by atoms with Crippen molar-refractivity contribution >= 4 is 34.8 Å². The van der Waals surface area contributed by atoms with Crippen LogP contribution in [0.25, 0.3) is 17.2 Å². The van der Waals surface area contributed by atoms with Gasteiger partial charge in [-0.2, -0.15) is 0 Å². The van der Waals surface area contributed by atoms with Crippen LogP contribution in [0, 0.1) is 6.92 Å². The summed E-state index contributed by atoms with van der Waals surface area (Å²) in [5.74, 6) is 1.31.